The Bertz CT molecular complexity index is 431. The molecule has 2 N–H and O–H groups in total. The van der Waals surface area contributed by atoms with Gasteiger partial charge in [-0.3, -0.25) is 4.99 Å². The quantitative estimate of drug-likeness (QED) is 0.670. The number of nitrogens with zero attached hydrogens (tertiary/aromatic N) is 1. The number of ether oxygens (including phenoxy) is 1. The van der Waals surface area contributed by atoms with E-state index in [0.29, 0.717) is 11.7 Å². The van der Waals surface area contributed by atoms with Gasteiger partial charge in [0.15, 0.2) is 5.17 Å². The minimum atomic E-state index is 0. The third kappa shape index (κ3) is 6.46. The Kier molecular flexibility index (Phi) is 8.42. The second-order valence-corrected chi connectivity index (χ2v) is 5.48. The van der Waals surface area contributed by atoms with E-state index in [1.54, 1.807) is 11.8 Å². The van der Waals surface area contributed by atoms with Crippen molar-refractivity contribution >= 4 is 35.4 Å². The van der Waals surface area contributed by atoms with Gasteiger partial charge in [-0.05, 0) is 18.4 Å². The average Bonchev–Trinajstić information content (AvgIpc) is 2.96. The molecule has 1 fully saturated rings. The number of rotatable bonds is 5. The molecular weight excluding hydrogens is 292 g/mol. The van der Waals surface area contributed by atoms with Crippen LogP contribution in [0.2, 0.25) is 0 Å². The van der Waals surface area contributed by atoms with Gasteiger partial charge in [0, 0.05) is 12.4 Å². The van der Waals surface area contributed by atoms with Crippen LogP contribution in [0.25, 0.3) is 6.08 Å². The zero-order valence-electron chi connectivity index (χ0n) is 11.4. The van der Waals surface area contributed by atoms with E-state index in [-0.39, 0.29) is 18.5 Å². The largest absolute Gasteiger partial charge is 0.379 e. The molecule has 0 amide bonds. The Labute approximate surface area is 131 Å². The number of thioether (sulfide) groups is 1. The van der Waals surface area contributed by atoms with E-state index in [0.717, 1.165) is 25.2 Å². The monoisotopic (exact) mass is 312 g/mol. The normalized spacial score (nSPS) is 19.2. The topological polar surface area (TPSA) is 47.6 Å². The molecule has 1 aliphatic rings. The van der Waals surface area contributed by atoms with Crippen molar-refractivity contribution in [2.24, 2.45) is 10.7 Å². The fourth-order valence-corrected chi connectivity index (χ4v) is 2.44. The van der Waals surface area contributed by atoms with Crippen LogP contribution >= 0.6 is 24.2 Å². The highest BCUT2D eigenvalue weighted by molar-refractivity contribution is 8.13. The van der Waals surface area contributed by atoms with Gasteiger partial charge in [0.05, 0.1) is 12.6 Å². The highest BCUT2D eigenvalue weighted by Gasteiger charge is 2.14. The van der Waals surface area contributed by atoms with E-state index in [1.807, 2.05) is 18.2 Å². The zero-order valence-corrected chi connectivity index (χ0v) is 13.0. The van der Waals surface area contributed by atoms with Gasteiger partial charge in [0.25, 0.3) is 0 Å². The van der Waals surface area contributed by atoms with E-state index in [1.165, 1.54) is 5.56 Å². The van der Waals surface area contributed by atoms with Crippen molar-refractivity contribution in [3.63, 3.8) is 0 Å². The van der Waals surface area contributed by atoms with Crippen molar-refractivity contribution in [1.29, 1.82) is 0 Å². The fraction of sp³-hybridized carbons (Fsp3) is 0.400. The summed E-state index contributed by atoms with van der Waals surface area (Å²) in [6.07, 6.45) is 6.73. The molecule has 1 aromatic carbocycles. The maximum atomic E-state index is 5.85. The molecule has 3 nitrogen and oxygen atoms in total. The molecule has 5 heteroatoms. The van der Waals surface area contributed by atoms with E-state index in [4.69, 9.17) is 10.5 Å². The SMILES string of the molecule is Cl.NC(=NCC1CCCO1)SC/C=C/c1ccccc1. The smallest absolute Gasteiger partial charge is 0.154 e. The van der Waals surface area contributed by atoms with E-state index in [2.05, 4.69) is 29.3 Å². The molecule has 110 valence electrons. The summed E-state index contributed by atoms with van der Waals surface area (Å²) in [4.78, 5) is 4.35. The second-order valence-electron chi connectivity index (χ2n) is 4.44. The highest BCUT2D eigenvalue weighted by atomic mass is 35.5. The van der Waals surface area contributed by atoms with Crippen LogP contribution in [-0.4, -0.2) is 30.2 Å². The molecule has 1 unspecified atom stereocenters. The molecule has 1 aromatic rings. The first-order valence-corrected chi connectivity index (χ1v) is 7.59. The molecule has 1 aliphatic heterocycles. The first kappa shape index (κ1) is 17.1. The van der Waals surface area contributed by atoms with Gasteiger partial charge in [-0.15, -0.1) is 12.4 Å². The van der Waals surface area contributed by atoms with Crippen molar-refractivity contribution in [3.8, 4) is 0 Å². The Morgan fingerprint density at radius 1 is 1.40 bits per heavy atom. The summed E-state index contributed by atoms with van der Waals surface area (Å²) in [7, 11) is 0. The van der Waals surface area contributed by atoms with Crippen LogP contribution in [0.3, 0.4) is 0 Å². The molecular formula is C15H21ClN2OS. The molecule has 0 aromatic heterocycles. The zero-order chi connectivity index (χ0) is 13.3. The van der Waals surface area contributed by atoms with Crippen molar-refractivity contribution < 1.29 is 4.74 Å². The van der Waals surface area contributed by atoms with Crippen molar-refractivity contribution in [1.82, 2.24) is 0 Å². The molecule has 0 radical (unpaired) electrons. The maximum absolute atomic E-state index is 5.85. The van der Waals surface area contributed by atoms with Gasteiger partial charge in [-0.25, -0.2) is 0 Å². The number of halogens is 1. The summed E-state index contributed by atoms with van der Waals surface area (Å²) in [5.74, 6) is 0.843. The molecule has 1 saturated heterocycles. The number of benzene rings is 1. The Morgan fingerprint density at radius 3 is 2.90 bits per heavy atom. The molecule has 2 rings (SSSR count). The average molecular weight is 313 g/mol. The third-order valence-electron chi connectivity index (χ3n) is 2.91. The number of hydrogen-bond donors (Lipinski definition) is 1. The molecule has 0 bridgehead atoms. The minimum Gasteiger partial charge on any atom is -0.379 e. The summed E-state index contributed by atoms with van der Waals surface area (Å²) in [5, 5.41) is 0.646. The van der Waals surface area contributed by atoms with Crippen LogP contribution < -0.4 is 5.73 Å². The lowest BCUT2D eigenvalue weighted by molar-refractivity contribution is 0.118. The minimum absolute atomic E-state index is 0. The molecule has 0 spiro atoms. The van der Waals surface area contributed by atoms with Gasteiger partial charge >= 0.3 is 0 Å². The molecule has 1 atom stereocenters. The lowest BCUT2D eigenvalue weighted by Gasteiger charge is -2.05. The lowest BCUT2D eigenvalue weighted by Crippen LogP contribution is -2.14. The summed E-state index contributed by atoms with van der Waals surface area (Å²) in [6, 6.07) is 10.2. The molecule has 1 heterocycles. The molecule has 0 saturated carbocycles. The standard InChI is InChI=1S/C15H20N2OS.ClH/c16-15(17-12-14-9-4-10-18-14)19-11-5-8-13-6-2-1-3-7-13;/h1-3,5-8,14H,4,9-12H2,(H2,16,17);1H/b8-5+;. The van der Waals surface area contributed by atoms with Crippen LogP contribution in [-0.2, 0) is 4.74 Å². The maximum Gasteiger partial charge on any atom is 0.154 e. The van der Waals surface area contributed by atoms with Crippen LogP contribution in [0.1, 0.15) is 18.4 Å². The molecule has 0 aliphatic carbocycles. The van der Waals surface area contributed by atoms with Crippen LogP contribution in [0.15, 0.2) is 41.4 Å². The first-order valence-electron chi connectivity index (χ1n) is 6.60. The first-order chi connectivity index (χ1) is 9.34. The number of hydrogen-bond acceptors (Lipinski definition) is 3. The van der Waals surface area contributed by atoms with Gasteiger partial charge in [-0.2, -0.15) is 0 Å². The summed E-state index contributed by atoms with van der Waals surface area (Å²) < 4.78 is 5.50. The van der Waals surface area contributed by atoms with Crippen molar-refractivity contribution in [2.45, 2.75) is 18.9 Å². The van der Waals surface area contributed by atoms with Crippen molar-refractivity contribution in [2.75, 3.05) is 18.9 Å². The Balaban J connectivity index is 0.00000200. The number of aliphatic imine (C=N–C) groups is 1. The highest BCUT2D eigenvalue weighted by Crippen LogP contribution is 2.12. The van der Waals surface area contributed by atoms with Crippen LogP contribution in [0, 0.1) is 0 Å². The molecule has 20 heavy (non-hydrogen) atoms. The van der Waals surface area contributed by atoms with Crippen molar-refractivity contribution in [3.05, 3.63) is 42.0 Å². The van der Waals surface area contributed by atoms with Crippen LogP contribution in [0.4, 0.5) is 0 Å². The van der Waals surface area contributed by atoms with Gasteiger partial charge < -0.3 is 10.5 Å². The lowest BCUT2D eigenvalue weighted by atomic mass is 10.2. The van der Waals surface area contributed by atoms with Gasteiger partial charge in [0.1, 0.15) is 0 Å². The van der Waals surface area contributed by atoms with E-state index < -0.39 is 0 Å². The van der Waals surface area contributed by atoms with Crippen LogP contribution in [0.5, 0.6) is 0 Å². The third-order valence-corrected chi connectivity index (χ3v) is 3.70. The predicted molar refractivity (Wildman–Crippen MR) is 90.6 cm³/mol. The number of amidine groups is 1. The van der Waals surface area contributed by atoms with E-state index in [9.17, 15) is 0 Å². The Hall–Kier alpha value is -0.970. The number of nitrogens with two attached hydrogens (primary N) is 1. The second kappa shape index (κ2) is 9.86. The predicted octanol–water partition coefficient (Wildman–Crippen LogP) is 3.35. The fourth-order valence-electron chi connectivity index (χ4n) is 1.91. The summed E-state index contributed by atoms with van der Waals surface area (Å²) in [6.45, 7) is 1.56. The summed E-state index contributed by atoms with van der Waals surface area (Å²) >= 11 is 1.56. The van der Waals surface area contributed by atoms with Gasteiger partial charge in [0.2, 0.25) is 0 Å². The summed E-state index contributed by atoms with van der Waals surface area (Å²) in [5.41, 5.74) is 7.06. The van der Waals surface area contributed by atoms with Gasteiger partial charge in [-0.1, -0.05) is 54.2 Å². The Morgan fingerprint density at radius 2 is 2.20 bits per heavy atom. The van der Waals surface area contributed by atoms with E-state index >= 15 is 0 Å².